The Hall–Kier alpha value is -1.88. The molecule has 4 nitrogen and oxygen atoms in total. The Morgan fingerprint density at radius 1 is 1.17 bits per heavy atom. The largest absolute Gasteiger partial charge is 0.489 e. The summed E-state index contributed by atoms with van der Waals surface area (Å²) in [5.41, 5.74) is 3.81. The molecule has 1 aliphatic rings. The van der Waals surface area contributed by atoms with Gasteiger partial charge in [0.15, 0.2) is 0 Å². The molecule has 4 heteroatoms. The fraction of sp³-hybridized carbons (Fsp3) is 0.368. The van der Waals surface area contributed by atoms with Crippen LogP contribution in [0.1, 0.15) is 34.8 Å². The second kappa shape index (κ2) is 7.13. The maximum absolute atomic E-state index is 10.5. The number of aliphatic hydroxyl groups is 2. The van der Waals surface area contributed by atoms with E-state index in [0.717, 1.165) is 35.1 Å². The Morgan fingerprint density at radius 2 is 1.96 bits per heavy atom. The molecule has 0 spiro atoms. The van der Waals surface area contributed by atoms with Crippen molar-refractivity contribution in [3.05, 3.63) is 64.7 Å². The number of fused-ring (bicyclic) bond motifs is 1. The van der Waals surface area contributed by atoms with Gasteiger partial charge in [-0.05, 0) is 42.6 Å². The second-order valence-electron chi connectivity index (χ2n) is 5.92. The third kappa shape index (κ3) is 3.24. The molecule has 0 heterocycles. The first-order chi connectivity index (χ1) is 11.2. The molecule has 0 saturated carbocycles. The standard InChI is InChI=1S/C19H23NO3/c1-20-17-9-7-14-15(19(17)22)8-10-18(16(14)11-21)23-12-13-5-3-2-4-6-13/h2-6,8,10,17,19-22H,7,9,11-12H2,1H3. The molecular weight excluding hydrogens is 290 g/mol. The van der Waals surface area contributed by atoms with E-state index in [4.69, 9.17) is 4.74 Å². The lowest BCUT2D eigenvalue weighted by atomic mass is 9.83. The van der Waals surface area contributed by atoms with Gasteiger partial charge in [0.25, 0.3) is 0 Å². The number of rotatable bonds is 5. The van der Waals surface area contributed by atoms with Crippen molar-refractivity contribution >= 4 is 0 Å². The zero-order valence-corrected chi connectivity index (χ0v) is 13.3. The van der Waals surface area contributed by atoms with Crippen LogP contribution in [0.25, 0.3) is 0 Å². The summed E-state index contributed by atoms with van der Waals surface area (Å²) in [6.45, 7) is 0.387. The predicted octanol–water partition coefficient (Wildman–Crippen LogP) is 2.33. The third-order valence-electron chi connectivity index (χ3n) is 4.60. The molecule has 2 aromatic rings. The minimum absolute atomic E-state index is 0.0603. The second-order valence-corrected chi connectivity index (χ2v) is 5.92. The minimum atomic E-state index is -0.544. The molecule has 0 aliphatic heterocycles. The van der Waals surface area contributed by atoms with Crippen LogP contribution < -0.4 is 10.1 Å². The van der Waals surface area contributed by atoms with Gasteiger partial charge in [-0.2, -0.15) is 0 Å². The summed E-state index contributed by atoms with van der Waals surface area (Å²) in [7, 11) is 1.86. The van der Waals surface area contributed by atoms with Crippen LogP contribution in [0, 0.1) is 0 Å². The predicted molar refractivity (Wildman–Crippen MR) is 89.3 cm³/mol. The maximum Gasteiger partial charge on any atom is 0.125 e. The van der Waals surface area contributed by atoms with Crippen LogP contribution in [0.3, 0.4) is 0 Å². The third-order valence-corrected chi connectivity index (χ3v) is 4.60. The highest BCUT2D eigenvalue weighted by Gasteiger charge is 2.29. The lowest BCUT2D eigenvalue weighted by Crippen LogP contribution is -2.36. The van der Waals surface area contributed by atoms with E-state index in [1.54, 1.807) is 0 Å². The van der Waals surface area contributed by atoms with Gasteiger partial charge in [0, 0.05) is 11.6 Å². The van der Waals surface area contributed by atoms with E-state index in [9.17, 15) is 10.2 Å². The fourth-order valence-electron chi connectivity index (χ4n) is 3.28. The van der Waals surface area contributed by atoms with Crippen LogP contribution >= 0.6 is 0 Å². The van der Waals surface area contributed by atoms with Crippen LogP contribution in [0.15, 0.2) is 42.5 Å². The van der Waals surface area contributed by atoms with Crippen molar-refractivity contribution in [3.63, 3.8) is 0 Å². The van der Waals surface area contributed by atoms with Crippen molar-refractivity contribution in [1.29, 1.82) is 0 Å². The SMILES string of the molecule is CNC1CCc2c(ccc(OCc3ccccc3)c2CO)C1O. The zero-order valence-electron chi connectivity index (χ0n) is 13.3. The van der Waals surface area contributed by atoms with Gasteiger partial charge in [0.05, 0.1) is 12.7 Å². The fourth-order valence-corrected chi connectivity index (χ4v) is 3.28. The Labute approximate surface area is 136 Å². The lowest BCUT2D eigenvalue weighted by Gasteiger charge is -2.31. The van der Waals surface area contributed by atoms with Crippen molar-refractivity contribution in [2.75, 3.05) is 7.05 Å². The molecule has 0 bridgehead atoms. The van der Waals surface area contributed by atoms with Gasteiger partial charge >= 0.3 is 0 Å². The van der Waals surface area contributed by atoms with Crippen molar-refractivity contribution < 1.29 is 14.9 Å². The van der Waals surface area contributed by atoms with Gasteiger partial charge in [-0.15, -0.1) is 0 Å². The summed E-state index contributed by atoms with van der Waals surface area (Å²) >= 11 is 0. The van der Waals surface area contributed by atoms with Gasteiger partial charge in [0.1, 0.15) is 12.4 Å². The Bertz CT molecular complexity index is 657. The van der Waals surface area contributed by atoms with Crippen LogP contribution in [0.5, 0.6) is 5.75 Å². The summed E-state index contributed by atoms with van der Waals surface area (Å²) in [4.78, 5) is 0. The molecule has 23 heavy (non-hydrogen) atoms. The maximum atomic E-state index is 10.5. The van der Waals surface area contributed by atoms with Gasteiger partial charge in [-0.1, -0.05) is 36.4 Å². The minimum Gasteiger partial charge on any atom is -0.489 e. The highest BCUT2D eigenvalue weighted by atomic mass is 16.5. The van der Waals surface area contributed by atoms with E-state index < -0.39 is 6.10 Å². The summed E-state index contributed by atoms with van der Waals surface area (Å²) in [5.74, 6) is 0.699. The normalized spacial score (nSPS) is 20.1. The molecule has 0 amide bonds. The van der Waals surface area contributed by atoms with Crippen LogP contribution in [-0.4, -0.2) is 23.3 Å². The molecule has 0 aromatic heterocycles. The van der Waals surface area contributed by atoms with Crippen LogP contribution in [0.4, 0.5) is 0 Å². The van der Waals surface area contributed by atoms with E-state index in [1.807, 2.05) is 49.5 Å². The van der Waals surface area contributed by atoms with E-state index in [1.165, 1.54) is 0 Å². The van der Waals surface area contributed by atoms with E-state index in [-0.39, 0.29) is 12.6 Å². The van der Waals surface area contributed by atoms with E-state index in [2.05, 4.69) is 5.32 Å². The Kier molecular flexibility index (Phi) is 4.96. The number of nitrogens with one attached hydrogen (secondary N) is 1. The molecule has 2 atom stereocenters. The topological polar surface area (TPSA) is 61.7 Å². The van der Waals surface area contributed by atoms with Gasteiger partial charge < -0.3 is 20.3 Å². The highest BCUT2D eigenvalue weighted by molar-refractivity contribution is 5.47. The quantitative estimate of drug-likeness (QED) is 0.793. The van der Waals surface area contributed by atoms with Crippen molar-refractivity contribution in [2.45, 2.75) is 38.2 Å². The first-order valence-corrected chi connectivity index (χ1v) is 8.02. The first-order valence-electron chi connectivity index (χ1n) is 8.02. The average molecular weight is 313 g/mol. The van der Waals surface area contributed by atoms with Gasteiger partial charge in [-0.3, -0.25) is 0 Å². The summed E-state index contributed by atoms with van der Waals surface area (Å²) in [6.07, 6.45) is 1.13. The molecule has 0 fully saturated rings. The summed E-state index contributed by atoms with van der Waals surface area (Å²) in [6, 6.07) is 13.8. The average Bonchev–Trinajstić information content (AvgIpc) is 2.60. The lowest BCUT2D eigenvalue weighted by molar-refractivity contribution is 0.118. The number of likely N-dealkylation sites (N-methyl/N-ethyl adjacent to an activating group) is 1. The van der Waals surface area contributed by atoms with E-state index in [0.29, 0.717) is 12.4 Å². The molecule has 2 aromatic carbocycles. The number of hydrogen-bond acceptors (Lipinski definition) is 4. The van der Waals surface area contributed by atoms with Crippen LogP contribution in [-0.2, 0) is 19.6 Å². The number of aliphatic hydroxyl groups excluding tert-OH is 2. The molecular formula is C19H23NO3. The van der Waals surface area contributed by atoms with Crippen molar-refractivity contribution in [2.24, 2.45) is 0 Å². The zero-order chi connectivity index (χ0) is 16.2. The summed E-state index contributed by atoms with van der Waals surface area (Å²) < 4.78 is 5.91. The van der Waals surface area contributed by atoms with Crippen molar-refractivity contribution in [1.82, 2.24) is 5.32 Å². The Balaban J connectivity index is 1.85. The molecule has 1 aliphatic carbocycles. The first kappa shape index (κ1) is 16.0. The van der Waals surface area contributed by atoms with E-state index >= 15 is 0 Å². The number of ether oxygens (including phenoxy) is 1. The number of benzene rings is 2. The van der Waals surface area contributed by atoms with Gasteiger partial charge in [-0.25, -0.2) is 0 Å². The molecule has 122 valence electrons. The Morgan fingerprint density at radius 3 is 2.65 bits per heavy atom. The monoisotopic (exact) mass is 313 g/mol. The molecule has 2 unspecified atom stereocenters. The number of hydrogen-bond donors (Lipinski definition) is 3. The highest BCUT2D eigenvalue weighted by Crippen LogP contribution is 2.36. The summed E-state index contributed by atoms with van der Waals surface area (Å²) in [5, 5.41) is 23.4. The molecule has 0 radical (unpaired) electrons. The molecule has 3 N–H and O–H groups in total. The molecule has 0 saturated heterocycles. The van der Waals surface area contributed by atoms with Crippen molar-refractivity contribution in [3.8, 4) is 5.75 Å². The molecule has 3 rings (SSSR count). The van der Waals surface area contributed by atoms with Crippen LogP contribution in [0.2, 0.25) is 0 Å². The smallest absolute Gasteiger partial charge is 0.125 e. The van der Waals surface area contributed by atoms with Gasteiger partial charge in [0.2, 0.25) is 0 Å².